The smallest absolute Gasteiger partial charge is 0.303 e. The van der Waals surface area contributed by atoms with Crippen molar-refractivity contribution in [2.75, 3.05) is 19.0 Å². The van der Waals surface area contributed by atoms with Gasteiger partial charge in [-0.25, -0.2) is 9.37 Å². The Morgan fingerprint density at radius 1 is 1.22 bits per heavy atom. The Morgan fingerprint density at radius 3 is 2.68 bits per heavy atom. The van der Waals surface area contributed by atoms with Gasteiger partial charge in [0.05, 0.1) is 12.8 Å². The van der Waals surface area contributed by atoms with Gasteiger partial charge in [-0.05, 0) is 66.3 Å². The third kappa shape index (κ3) is 4.67. The molecule has 2 amide bonds. The van der Waals surface area contributed by atoms with E-state index in [1.807, 2.05) is 19.9 Å². The molecule has 196 valence electrons. The van der Waals surface area contributed by atoms with E-state index >= 15 is 4.39 Å². The number of halogens is 1. The molecule has 0 saturated heterocycles. The molecule has 1 saturated carbocycles. The summed E-state index contributed by atoms with van der Waals surface area (Å²) in [6.45, 7) is 4.34. The number of amides is 2. The second-order valence-electron chi connectivity index (χ2n) is 11.1. The molecule has 2 aliphatic carbocycles. The van der Waals surface area contributed by atoms with Crippen LogP contribution in [0.1, 0.15) is 68.0 Å². The molecule has 9 heteroatoms. The first-order valence-electron chi connectivity index (χ1n) is 12.8. The minimum atomic E-state index is -0.930. The van der Waals surface area contributed by atoms with Gasteiger partial charge in [0, 0.05) is 42.6 Å². The predicted octanol–water partition coefficient (Wildman–Crippen LogP) is 4.02. The maximum absolute atomic E-state index is 15.1. The summed E-state index contributed by atoms with van der Waals surface area (Å²) in [4.78, 5) is 44.3. The first kappa shape index (κ1) is 25.2. The van der Waals surface area contributed by atoms with Crippen molar-refractivity contribution in [1.82, 2.24) is 9.88 Å². The molecule has 8 nitrogen and oxygen atoms in total. The molecule has 1 aromatic carbocycles. The Kier molecular flexibility index (Phi) is 6.41. The van der Waals surface area contributed by atoms with Crippen molar-refractivity contribution in [3.05, 3.63) is 52.5 Å². The zero-order valence-electron chi connectivity index (χ0n) is 21.3. The molecule has 2 aromatic rings. The molecule has 0 bridgehead atoms. The largest absolute Gasteiger partial charge is 0.481 e. The third-order valence-corrected chi connectivity index (χ3v) is 8.10. The second kappa shape index (κ2) is 9.43. The van der Waals surface area contributed by atoms with E-state index in [0.717, 1.165) is 18.4 Å². The number of carboxylic acids is 1. The number of carbonyl (C=O) groups is 3. The number of benzene rings is 1. The van der Waals surface area contributed by atoms with Gasteiger partial charge in [0.1, 0.15) is 11.9 Å². The van der Waals surface area contributed by atoms with Crippen LogP contribution in [0.2, 0.25) is 0 Å². The van der Waals surface area contributed by atoms with Crippen LogP contribution >= 0.6 is 0 Å². The van der Waals surface area contributed by atoms with Crippen molar-refractivity contribution in [3.8, 4) is 5.88 Å². The Balaban J connectivity index is 1.42. The van der Waals surface area contributed by atoms with Gasteiger partial charge in [0.2, 0.25) is 11.8 Å². The maximum Gasteiger partial charge on any atom is 0.303 e. The number of anilines is 1. The summed E-state index contributed by atoms with van der Waals surface area (Å²) in [5.74, 6) is -1.71. The molecule has 37 heavy (non-hydrogen) atoms. The number of nitrogens with zero attached hydrogens (tertiary/aromatic N) is 2. The molecule has 1 atom stereocenters. The number of methoxy groups -OCH3 is 1. The summed E-state index contributed by atoms with van der Waals surface area (Å²) >= 11 is 0. The number of aliphatic carboxylic acids is 1. The van der Waals surface area contributed by atoms with E-state index in [1.54, 1.807) is 17.0 Å². The Bertz CT molecular complexity index is 1270. The van der Waals surface area contributed by atoms with Gasteiger partial charge in [-0.2, -0.15) is 0 Å². The number of fused-ring (bicyclic) bond motifs is 2. The number of ether oxygens (including phenoxy) is 1. The van der Waals surface area contributed by atoms with E-state index in [-0.39, 0.29) is 35.4 Å². The van der Waals surface area contributed by atoms with Gasteiger partial charge >= 0.3 is 5.97 Å². The molecule has 1 aromatic heterocycles. The van der Waals surface area contributed by atoms with Crippen molar-refractivity contribution in [2.24, 2.45) is 11.8 Å². The normalized spacial score (nSPS) is 23.5. The summed E-state index contributed by atoms with van der Waals surface area (Å²) in [5.41, 5.74) is 3.00. The number of hydrogen-bond donors (Lipinski definition) is 2. The van der Waals surface area contributed by atoms with Crippen molar-refractivity contribution in [1.29, 1.82) is 0 Å². The van der Waals surface area contributed by atoms with E-state index in [9.17, 15) is 14.4 Å². The standard InChI is InChI=1S/C28H32FN3O5/c1-28(2)8-6-16-13-18(14-20(29)24(16)28)30-26(35)25-19-4-5-22(37-3)31-21(19)7-9-32(25)27(36)17-10-15(11-17)12-23(33)34/h4-5,13-15,17,25H,6-12H2,1-3H3,(H,30,35)(H,33,34)/t15?,17?,25-/m1/s1. The molecule has 0 radical (unpaired) electrons. The highest BCUT2D eigenvalue weighted by molar-refractivity contribution is 5.99. The fourth-order valence-electron chi connectivity index (χ4n) is 6.16. The van der Waals surface area contributed by atoms with Gasteiger partial charge in [0.25, 0.3) is 5.91 Å². The molecule has 2 N–H and O–H groups in total. The number of carboxylic acid groups (broad SMARTS) is 1. The fourth-order valence-corrected chi connectivity index (χ4v) is 6.16. The average Bonchev–Trinajstić information content (AvgIpc) is 3.13. The molecule has 2 heterocycles. The van der Waals surface area contributed by atoms with Crippen LogP contribution in [0.5, 0.6) is 5.88 Å². The van der Waals surface area contributed by atoms with Crippen molar-refractivity contribution in [2.45, 2.75) is 63.8 Å². The Labute approximate surface area is 215 Å². The van der Waals surface area contributed by atoms with Crippen LogP contribution < -0.4 is 10.1 Å². The molecule has 3 aliphatic rings. The Morgan fingerprint density at radius 2 is 1.97 bits per heavy atom. The zero-order chi connectivity index (χ0) is 26.5. The lowest BCUT2D eigenvalue weighted by Crippen LogP contribution is -2.50. The third-order valence-electron chi connectivity index (χ3n) is 8.10. The number of nitrogens with one attached hydrogen (secondary N) is 1. The van der Waals surface area contributed by atoms with Crippen molar-refractivity contribution >= 4 is 23.5 Å². The molecule has 1 aliphatic heterocycles. The second-order valence-corrected chi connectivity index (χ2v) is 11.1. The van der Waals surface area contributed by atoms with Crippen LogP contribution in [0.4, 0.5) is 10.1 Å². The highest BCUT2D eigenvalue weighted by Gasteiger charge is 2.44. The number of rotatable bonds is 6. The number of hydrogen-bond acceptors (Lipinski definition) is 5. The van der Waals surface area contributed by atoms with E-state index in [0.29, 0.717) is 54.2 Å². The van der Waals surface area contributed by atoms with Crippen LogP contribution in [-0.2, 0) is 32.6 Å². The van der Waals surface area contributed by atoms with E-state index in [1.165, 1.54) is 13.2 Å². The first-order chi connectivity index (χ1) is 17.6. The fraction of sp³-hybridized carbons (Fsp3) is 0.500. The van der Waals surface area contributed by atoms with Gasteiger partial charge in [-0.15, -0.1) is 0 Å². The summed E-state index contributed by atoms with van der Waals surface area (Å²) < 4.78 is 20.3. The van der Waals surface area contributed by atoms with Crippen molar-refractivity contribution < 1.29 is 28.6 Å². The van der Waals surface area contributed by atoms with Crippen LogP contribution in [0.3, 0.4) is 0 Å². The SMILES string of the molecule is COc1ccc2c(n1)CCN(C(=O)C1CC(CC(=O)O)C1)[C@H]2C(=O)Nc1cc(F)c2c(c1)CCC2(C)C. The summed E-state index contributed by atoms with van der Waals surface area (Å²) in [6.07, 6.45) is 3.08. The molecule has 5 rings (SSSR count). The monoisotopic (exact) mass is 509 g/mol. The average molecular weight is 510 g/mol. The van der Waals surface area contributed by atoms with Gasteiger partial charge in [-0.3, -0.25) is 14.4 Å². The molecule has 1 fully saturated rings. The summed E-state index contributed by atoms with van der Waals surface area (Å²) in [7, 11) is 1.52. The number of aromatic nitrogens is 1. The molecule has 0 spiro atoms. The topological polar surface area (TPSA) is 109 Å². The zero-order valence-corrected chi connectivity index (χ0v) is 21.3. The van der Waals surface area contributed by atoms with E-state index in [2.05, 4.69) is 10.3 Å². The molecular formula is C28H32FN3O5. The van der Waals surface area contributed by atoms with Crippen LogP contribution in [0.25, 0.3) is 0 Å². The minimum Gasteiger partial charge on any atom is -0.481 e. The van der Waals surface area contributed by atoms with Crippen LogP contribution in [0, 0.1) is 17.7 Å². The van der Waals surface area contributed by atoms with Crippen molar-refractivity contribution in [3.63, 3.8) is 0 Å². The maximum atomic E-state index is 15.1. The lowest BCUT2D eigenvalue weighted by atomic mass is 9.72. The highest BCUT2D eigenvalue weighted by Crippen LogP contribution is 2.43. The van der Waals surface area contributed by atoms with E-state index < -0.39 is 17.9 Å². The first-order valence-corrected chi connectivity index (χ1v) is 12.8. The van der Waals surface area contributed by atoms with Crippen LogP contribution in [0.15, 0.2) is 24.3 Å². The predicted molar refractivity (Wildman–Crippen MR) is 134 cm³/mol. The number of pyridine rings is 1. The highest BCUT2D eigenvalue weighted by atomic mass is 19.1. The quantitative estimate of drug-likeness (QED) is 0.609. The number of carbonyl (C=O) groups excluding carboxylic acids is 2. The summed E-state index contributed by atoms with van der Waals surface area (Å²) in [6, 6.07) is 5.67. The summed E-state index contributed by atoms with van der Waals surface area (Å²) in [5, 5.41) is 11.9. The van der Waals surface area contributed by atoms with E-state index in [4.69, 9.17) is 9.84 Å². The lowest BCUT2D eigenvalue weighted by molar-refractivity contribution is -0.149. The molecule has 0 unspecified atom stereocenters. The minimum absolute atomic E-state index is 0.0274. The lowest BCUT2D eigenvalue weighted by Gasteiger charge is -2.42. The van der Waals surface area contributed by atoms with Gasteiger partial charge in [-0.1, -0.05) is 13.8 Å². The Hall–Kier alpha value is -3.49. The van der Waals surface area contributed by atoms with Gasteiger partial charge in [0.15, 0.2) is 0 Å². The van der Waals surface area contributed by atoms with Crippen LogP contribution in [-0.4, -0.2) is 46.4 Å². The van der Waals surface area contributed by atoms with Gasteiger partial charge < -0.3 is 20.1 Å². The number of aryl methyl sites for hydroxylation is 1. The molecular weight excluding hydrogens is 477 g/mol.